The largest absolute Gasteiger partial charge is 0.398 e. The van der Waals surface area contributed by atoms with Gasteiger partial charge in [0.15, 0.2) is 0 Å². The van der Waals surface area contributed by atoms with Crippen LogP contribution >= 0.6 is 0 Å². The van der Waals surface area contributed by atoms with Crippen molar-refractivity contribution in [3.63, 3.8) is 0 Å². The second-order valence-corrected chi connectivity index (χ2v) is 7.05. The predicted octanol–water partition coefficient (Wildman–Crippen LogP) is 0.167. The zero-order chi connectivity index (χ0) is 15.6. The van der Waals surface area contributed by atoms with Crippen LogP contribution in [0.2, 0.25) is 0 Å². The summed E-state index contributed by atoms with van der Waals surface area (Å²) in [5, 5.41) is 0. The Morgan fingerprint density at radius 1 is 1.48 bits per heavy atom. The van der Waals surface area contributed by atoms with Gasteiger partial charge >= 0.3 is 0 Å². The van der Waals surface area contributed by atoms with Crippen molar-refractivity contribution in [3.8, 4) is 0 Å². The lowest BCUT2D eigenvalue weighted by Gasteiger charge is -2.21. The molecule has 1 atom stereocenters. The summed E-state index contributed by atoms with van der Waals surface area (Å²) >= 11 is 0. The Morgan fingerprint density at radius 2 is 2.19 bits per heavy atom. The van der Waals surface area contributed by atoms with Gasteiger partial charge in [-0.2, -0.15) is 4.31 Å². The number of hydrogen-bond donors (Lipinski definition) is 2. The highest BCUT2D eigenvalue weighted by molar-refractivity contribution is 7.89. The Balaban J connectivity index is 2.23. The van der Waals surface area contributed by atoms with E-state index < -0.39 is 15.9 Å². The van der Waals surface area contributed by atoms with E-state index in [-0.39, 0.29) is 28.8 Å². The molecule has 0 saturated carbocycles. The van der Waals surface area contributed by atoms with E-state index >= 15 is 0 Å². The molecule has 1 saturated heterocycles. The van der Waals surface area contributed by atoms with Gasteiger partial charge in [-0.3, -0.25) is 4.79 Å². The first kappa shape index (κ1) is 15.7. The molecule has 0 spiro atoms. The minimum atomic E-state index is -3.72. The van der Waals surface area contributed by atoms with Crippen molar-refractivity contribution < 1.29 is 17.9 Å². The van der Waals surface area contributed by atoms with Gasteiger partial charge < -0.3 is 16.2 Å². The van der Waals surface area contributed by atoms with Gasteiger partial charge in [-0.1, -0.05) is 0 Å². The Labute approximate surface area is 123 Å². The number of benzene rings is 1. The molecule has 8 heteroatoms. The molecule has 1 amide bonds. The lowest BCUT2D eigenvalue weighted by Crippen LogP contribution is -2.34. The van der Waals surface area contributed by atoms with Crippen molar-refractivity contribution in [1.29, 1.82) is 0 Å². The molecule has 116 valence electrons. The maximum absolute atomic E-state index is 12.5. The van der Waals surface area contributed by atoms with E-state index in [1.54, 1.807) is 0 Å². The molecule has 1 aliphatic rings. The summed E-state index contributed by atoms with van der Waals surface area (Å²) in [6, 6.07) is 3.93. The lowest BCUT2D eigenvalue weighted by atomic mass is 10.2. The quantitative estimate of drug-likeness (QED) is 0.752. The molecule has 1 aromatic carbocycles. The molecule has 0 bridgehead atoms. The minimum Gasteiger partial charge on any atom is -0.398 e. The zero-order valence-corrected chi connectivity index (χ0v) is 12.6. The number of likely N-dealkylation sites (N-methyl/N-ethyl adjacent to an activating group) is 1. The van der Waals surface area contributed by atoms with Gasteiger partial charge in [0.1, 0.15) is 4.90 Å². The average molecular weight is 313 g/mol. The Hall–Kier alpha value is -1.64. The maximum atomic E-state index is 12.5. The SMILES string of the molecule is CN(CC1CCCO1)S(=O)(=O)c1ccc(C(N)=O)cc1N. The normalized spacial score (nSPS) is 19.0. The van der Waals surface area contributed by atoms with E-state index in [1.165, 1.54) is 29.6 Å². The standard InChI is InChI=1S/C13H19N3O4S/c1-16(8-10-3-2-6-20-10)21(18,19)12-5-4-9(13(15)17)7-11(12)14/h4-5,7,10H,2-3,6,8,14H2,1H3,(H2,15,17). The van der Waals surface area contributed by atoms with E-state index in [9.17, 15) is 13.2 Å². The van der Waals surface area contributed by atoms with Crippen molar-refractivity contribution >= 4 is 21.6 Å². The van der Waals surface area contributed by atoms with Crippen molar-refractivity contribution in [2.45, 2.75) is 23.8 Å². The third-order valence-electron chi connectivity index (χ3n) is 3.47. The van der Waals surface area contributed by atoms with E-state index in [2.05, 4.69) is 0 Å². The predicted molar refractivity (Wildman–Crippen MR) is 78.2 cm³/mol. The number of carbonyl (C=O) groups excluding carboxylic acids is 1. The van der Waals surface area contributed by atoms with Crippen molar-refractivity contribution in [2.75, 3.05) is 25.9 Å². The number of primary amides is 1. The third kappa shape index (κ3) is 3.34. The third-order valence-corrected chi connectivity index (χ3v) is 5.36. The summed E-state index contributed by atoms with van der Waals surface area (Å²) in [6.45, 7) is 0.938. The molecule has 1 heterocycles. The summed E-state index contributed by atoms with van der Waals surface area (Å²) in [5.41, 5.74) is 11.1. The van der Waals surface area contributed by atoms with Crippen molar-refractivity contribution in [1.82, 2.24) is 4.31 Å². The molecule has 1 aromatic rings. The number of rotatable bonds is 5. The zero-order valence-electron chi connectivity index (χ0n) is 11.8. The van der Waals surface area contributed by atoms with Gasteiger partial charge in [0.2, 0.25) is 15.9 Å². The fraction of sp³-hybridized carbons (Fsp3) is 0.462. The Morgan fingerprint density at radius 3 is 2.71 bits per heavy atom. The van der Waals surface area contributed by atoms with Crippen LogP contribution < -0.4 is 11.5 Å². The van der Waals surface area contributed by atoms with Gasteiger partial charge in [0.25, 0.3) is 0 Å². The number of nitrogens with zero attached hydrogens (tertiary/aromatic N) is 1. The number of ether oxygens (including phenoxy) is 1. The second kappa shape index (κ2) is 6.00. The molecule has 2 rings (SSSR count). The van der Waals surface area contributed by atoms with Crippen LogP contribution in [0.25, 0.3) is 0 Å². The smallest absolute Gasteiger partial charge is 0.248 e. The van der Waals surface area contributed by atoms with E-state index in [0.717, 1.165) is 12.8 Å². The molecular formula is C13H19N3O4S. The Kier molecular flexibility index (Phi) is 4.50. The first-order valence-electron chi connectivity index (χ1n) is 6.59. The molecule has 1 fully saturated rings. The number of amides is 1. The fourth-order valence-corrected chi connectivity index (χ4v) is 3.57. The van der Waals surface area contributed by atoms with Gasteiger partial charge in [-0.15, -0.1) is 0 Å². The van der Waals surface area contributed by atoms with E-state index in [0.29, 0.717) is 6.61 Å². The molecule has 7 nitrogen and oxygen atoms in total. The number of anilines is 1. The molecule has 0 aromatic heterocycles. The van der Waals surface area contributed by atoms with Gasteiger partial charge in [-0.25, -0.2) is 8.42 Å². The van der Waals surface area contributed by atoms with Gasteiger partial charge in [-0.05, 0) is 31.0 Å². The highest BCUT2D eigenvalue weighted by Gasteiger charge is 2.27. The maximum Gasteiger partial charge on any atom is 0.248 e. The molecule has 21 heavy (non-hydrogen) atoms. The molecule has 0 radical (unpaired) electrons. The number of nitrogens with two attached hydrogens (primary N) is 2. The average Bonchev–Trinajstić information content (AvgIpc) is 2.90. The van der Waals surface area contributed by atoms with E-state index in [1.807, 2.05) is 0 Å². The summed E-state index contributed by atoms with van der Waals surface area (Å²) in [6.07, 6.45) is 1.69. The number of sulfonamides is 1. The van der Waals surface area contributed by atoms with Crippen molar-refractivity contribution in [3.05, 3.63) is 23.8 Å². The van der Waals surface area contributed by atoms with Crippen LogP contribution in [0.4, 0.5) is 5.69 Å². The number of carbonyl (C=O) groups is 1. The van der Waals surface area contributed by atoms with Crippen LogP contribution in [0.5, 0.6) is 0 Å². The number of hydrogen-bond acceptors (Lipinski definition) is 5. The fourth-order valence-electron chi connectivity index (χ4n) is 2.28. The highest BCUT2D eigenvalue weighted by atomic mass is 32.2. The monoisotopic (exact) mass is 313 g/mol. The van der Waals surface area contributed by atoms with E-state index in [4.69, 9.17) is 16.2 Å². The molecule has 1 unspecified atom stereocenters. The first-order chi connectivity index (χ1) is 9.82. The summed E-state index contributed by atoms with van der Waals surface area (Å²) < 4.78 is 31.6. The van der Waals surface area contributed by atoms with Crippen LogP contribution in [-0.4, -0.2) is 44.9 Å². The molecule has 1 aliphatic heterocycles. The summed E-state index contributed by atoms with van der Waals surface area (Å²) in [5.74, 6) is -0.654. The first-order valence-corrected chi connectivity index (χ1v) is 8.03. The lowest BCUT2D eigenvalue weighted by molar-refractivity contribution is 0.0979. The topological polar surface area (TPSA) is 116 Å². The van der Waals surface area contributed by atoms with Crippen LogP contribution in [0, 0.1) is 0 Å². The summed E-state index contributed by atoms with van der Waals surface area (Å²) in [4.78, 5) is 11.0. The van der Waals surface area contributed by atoms with Crippen LogP contribution in [0.15, 0.2) is 23.1 Å². The molecular weight excluding hydrogens is 294 g/mol. The van der Waals surface area contributed by atoms with Gasteiger partial charge in [0, 0.05) is 25.8 Å². The minimum absolute atomic E-state index is 0.00508. The summed E-state index contributed by atoms with van der Waals surface area (Å²) in [7, 11) is -2.24. The second-order valence-electron chi connectivity index (χ2n) is 5.04. The van der Waals surface area contributed by atoms with Gasteiger partial charge in [0.05, 0.1) is 11.8 Å². The number of nitrogen functional groups attached to an aromatic ring is 1. The Bertz CT molecular complexity index is 639. The van der Waals surface area contributed by atoms with Crippen LogP contribution in [0.1, 0.15) is 23.2 Å². The molecule has 0 aliphatic carbocycles. The van der Waals surface area contributed by atoms with Crippen LogP contribution in [0.3, 0.4) is 0 Å². The van der Waals surface area contributed by atoms with Crippen LogP contribution in [-0.2, 0) is 14.8 Å². The highest BCUT2D eigenvalue weighted by Crippen LogP contribution is 2.24. The molecule has 4 N–H and O–H groups in total. The van der Waals surface area contributed by atoms with Crippen molar-refractivity contribution in [2.24, 2.45) is 5.73 Å².